The second-order valence-corrected chi connectivity index (χ2v) is 19.5. The molecule has 0 aromatic heterocycles. The van der Waals surface area contributed by atoms with Crippen LogP contribution in [0.1, 0.15) is 16.7 Å². The molecule has 0 unspecified atom stereocenters. The van der Waals surface area contributed by atoms with Gasteiger partial charge in [0.2, 0.25) is 0 Å². The molecule has 0 heterocycles. The van der Waals surface area contributed by atoms with Gasteiger partial charge in [0.05, 0.1) is 0 Å². The Balaban J connectivity index is 2.17. The Labute approximate surface area is 186 Å². The van der Waals surface area contributed by atoms with Crippen molar-refractivity contribution in [1.29, 1.82) is 0 Å². The molecule has 32 heavy (non-hydrogen) atoms. The average molecular weight is 588 g/mol. The third kappa shape index (κ3) is 5.00. The molecule has 0 spiro atoms. The fourth-order valence-electron chi connectivity index (χ4n) is 3.17. The van der Waals surface area contributed by atoms with E-state index in [1.54, 1.807) is 0 Å². The molecule has 0 radical (unpaired) electrons. The molecule has 0 N–H and O–H groups in total. The summed E-state index contributed by atoms with van der Waals surface area (Å²) < 4.78 is 118. The second-order valence-electron chi connectivity index (χ2n) is 6.88. The Morgan fingerprint density at radius 3 is 0.750 bits per heavy atom. The number of hydrogen-bond donors (Lipinski definition) is 0. The number of benzene rings is 3. The van der Waals surface area contributed by atoms with Crippen LogP contribution in [-0.4, -0.2) is 11.4 Å². The summed E-state index contributed by atoms with van der Waals surface area (Å²) in [6, 6.07) is 12.2. The minimum atomic E-state index is -4.59. The molecular weight excluding hydrogens is 576 g/mol. The summed E-state index contributed by atoms with van der Waals surface area (Å²) in [6.07, 6.45) is -13.8. The molecule has 0 amide bonds. The molecule has 0 aliphatic rings. The summed E-state index contributed by atoms with van der Waals surface area (Å²) >= 11 is -0.501. The summed E-state index contributed by atoms with van der Waals surface area (Å²) in [6.45, 7) is 0. The molecule has 0 atom stereocenters. The Kier molecular flexibility index (Phi) is 6.51. The zero-order valence-corrected chi connectivity index (χ0v) is 19.4. The number of alkyl halides is 9. The van der Waals surface area contributed by atoms with Gasteiger partial charge in [0.15, 0.2) is 0 Å². The van der Waals surface area contributed by atoms with Crippen molar-refractivity contribution in [2.75, 3.05) is 0 Å². The minimum absolute atomic E-state index is 0.373. The molecule has 0 fully saturated rings. The molecule has 3 aromatic carbocycles. The maximum atomic E-state index is 13.0. The van der Waals surface area contributed by atoms with Gasteiger partial charge >= 0.3 is 186 Å². The molecule has 0 saturated carbocycles. The summed E-state index contributed by atoms with van der Waals surface area (Å²) in [4.78, 5) is 0. The van der Waals surface area contributed by atoms with Gasteiger partial charge in [-0.25, -0.2) is 0 Å². The van der Waals surface area contributed by atoms with Crippen LogP contribution in [0.5, 0.6) is 0 Å². The molecule has 0 bridgehead atoms. The Hall–Kier alpha value is -1.95. The summed E-state index contributed by atoms with van der Waals surface area (Å²) in [5.74, 6) is 0. The molecule has 3 aromatic rings. The van der Waals surface area contributed by atoms with Gasteiger partial charge in [0, 0.05) is 0 Å². The third-order valence-corrected chi connectivity index (χ3v) is 19.1. The van der Waals surface area contributed by atoms with Crippen molar-refractivity contribution in [3.8, 4) is 0 Å². The fraction of sp³-hybridized carbons (Fsp3) is 0.143. The molecule has 0 saturated heterocycles. The van der Waals surface area contributed by atoms with Crippen LogP contribution in [0.4, 0.5) is 39.5 Å². The topological polar surface area (TPSA) is 0 Å². The van der Waals surface area contributed by atoms with E-state index in [9.17, 15) is 39.5 Å². The predicted molar refractivity (Wildman–Crippen MR) is 108 cm³/mol. The van der Waals surface area contributed by atoms with Crippen LogP contribution in [-0.2, 0) is 18.5 Å². The molecule has 11 heteroatoms. The van der Waals surface area contributed by atoms with E-state index in [0.717, 1.165) is 36.4 Å². The Morgan fingerprint density at radius 2 is 0.594 bits per heavy atom. The second kappa shape index (κ2) is 8.44. The van der Waals surface area contributed by atoms with Gasteiger partial charge in [-0.2, -0.15) is 0 Å². The van der Waals surface area contributed by atoms with Crippen LogP contribution in [0.25, 0.3) is 0 Å². The van der Waals surface area contributed by atoms with E-state index in [1.165, 1.54) is 36.4 Å². The predicted octanol–water partition coefficient (Wildman–Crippen LogP) is 6.10. The molecule has 170 valence electrons. The van der Waals surface area contributed by atoms with Gasteiger partial charge in [-0.05, 0) is 0 Å². The summed E-state index contributed by atoms with van der Waals surface area (Å²) in [5, 5.41) is 0. The van der Waals surface area contributed by atoms with E-state index in [-0.39, 0.29) is 0 Å². The SMILES string of the molecule is FC(F)(F)c1cc[c]([Ge]([Br])([c]2ccc(C(F)(F)F)cc2)[c]2ccc(C(F)(F)F)cc2)cc1. The zero-order valence-electron chi connectivity index (χ0n) is 15.7. The maximum absolute atomic E-state index is 13.0. The normalized spacial score (nSPS) is 13.3. The van der Waals surface area contributed by atoms with Crippen molar-refractivity contribution >= 4 is 38.6 Å². The van der Waals surface area contributed by atoms with Gasteiger partial charge in [-0.15, -0.1) is 0 Å². The van der Waals surface area contributed by atoms with Crippen molar-refractivity contribution < 1.29 is 39.5 Å². The first-order valence-corrected chi connectivity index (χ1v) is 16.9. The average Bonchev–Trinajstić information content (AvgIpc) is 2.71. The van der Waals surface area contributed by atoms with Crippen LogP contribution in [0, 0.1) is 0 Å². The number of halogens is 10. The van der Waals surface area contributed by atoms with Gasteiger partial charge in [-0.1, -0.05) is 0 Å². The van der Waals surface area contributed by atoms with E-state index in [0.29, 0.717) is 13.2 Å². The van der Waals surface area contributed by atoms with Gasteiger partial charge < -0.3 is 0 Å². The van der Waals surface area contributed by atoms with Crippen molar-refractivity contribution in [1.82, 2.24) is 0 Å². The summed E-state index contributed by atoms with van der Waals surface area (Å²) in [5.41, 5.74) is -2.75. The molecule has 0 nitrogen and oxygen atoms in total. The first-order chi connectivity index (χ1) is 14.6. The monoisotopic (exact) mass is 588 g/mol. The van der Waals surface area contributed by atoms with E-state index in [2.05, 4.69) is 14.0 Å². The van der Waals surface area contributed by atoms with Crippen LogP contribution >= 0.6 is 14.0 Å². The first-order valence-electron chi connectivity index (χ1n) is 8.85. The third-order valence-electron chi connectivity index (χ3n) is 4.83. The molecule has 0 aliphatic carbocycles. The van der Waals surface area contributed by atoms with E-state index in [1.807, 2.05) is 0 Å². The van der Waals surface area contributed by atoms with E-state index >= 15 is 0 Å². The molecule has 3 rings (SSSR count). The standard InChI is InChI=1S/C21H12BrF9Ge/c22-32(16-7-1-13(2-8-16)19(23,24)25,17-9-3-14(4-10-17)20(26,27)28)18-11-5-15(6-12-18)21(29,30)31/h1-12H. The van der Waals surface area contributed by atoms with Crippen LogP contribution in [0.2, 0.25) is 0 Å². The van der Waals surface area contributed by atoms with Crippen molar-refractivity contribution in [3.05, 3.63) is 89.5 Å². The Bertz CT molecular complexity index is 926. The zero-order chi connectivity index (χ0) is 23.9. The van der Waals surface area contributed by atoms with E-state index < -0.39 is 46.6 Å². The Morgan fingerprint density at radius 1 is 0.406 bits per heavy atom. The fourth-order valence-corrected chi connectivity index (χ4v) is 13.3. The summed E-state index contributed by atoms with van der Waals surface area (Å²) in [7, 11) is 0. The van der Waals surface area contributed by atoms with Crippen LogP contribution in [0.3, 0.4) is 0 Å². The van der Waals surface area contributed by atoms with Gasteiger partial charge in [-0.3, -0.25) is 0 Å². The van der Waals surface area contributed by atoms with Crippen LogP contribution < -0.4 is 13.2 Å². The number of rotatable bonds is 3. The number of hydrogen-bond acceptors (Lipinski definition) is 0. The van der Waals surface area contributed by atoms with Crippen LogP contribution in [0.15, 0.2) is 72.8 Å². The van der Waals surface area contributed by atoms with Crippen molar-refractivity contribution in [2.24, 2.45) is 0 Å². The quantitative estimate of drug-likeness (QED) is 0.257. The van der Waals surface area contributed by atoms with Crippen molar-refractivity contribution in [2.45, 2.75) is 18.5 Å². The first kappa shape index (κ1) is 24.7. The van der Waals surface area contributed by atoms with Crippen molar-refractivity contribution in [3.63, 3.8) is 0 Å². The van der Waals surface area contributed by atoms with Gasteiger partial charge in [0.1, 0.15) is 0 Å². The van der Waals surface area contributed by atoms with Gasteiger partial charge in [0.25, 0.3) is 0 Å². The molecular formula is C21H12BrF9Ge. The van der Waals surface area contributed by atoms with E-state index in [4.69, 9.17) is 0 Å². The molecule has 0 aliphatic heterocycles.